The third kappa shape index (κ3) is 6.23. The highest BCUT2D eigenvalue weighted by molar-refractivity contribution is 7.98. The Balaban J connectivity index is 1.22. The van der Waals surface area contributed by atoms with Crippen LogP contribution in [-0.4, -0.2) is 48.8 Å². The highest BCUT2D eigenvalue weighted by Crippen LogP contribution is 2.42. The normalized spacial score (nSPS) is 17.2. The Bertz CT molecular complexity index is 1370. The number of hydrogen-bond acceptors (Lipinski definition) is 4. The molecule has 2 aliphatic rings. The van der Waals surface area contributed by atoms with E-state index in [1.165, 1.54) is 16.5 Å². The van der Waals surface area contributed by atoms with E-state index in [9.17, 15) is 22.8 Å². The molecule has 6 nitrogen and oxygen atoms in total. The van der Waals surface area contributed by atoms with Crippen LogP contribution in [0.1, 0.15) is 33.5 Å². The van der Waals surface area contributed by atoms with Crippen LogP contribution in [0.3, 0.4) is 0 Å². The first-order valence-electron chi connectivity index (χ1n) is 12.7. The van der Waals surface area contributed by atoms with E-state index in [0.29, 0.717) is 23.2 Å². The molecule has 5 rings (SSSR count). The maximum Gasteiger partial charge on any atom is 0.417 e. The van der Waals surface area contributed by atoms with Crippen LogP contribution in [-0.2, 0) is 19.1 Å². The van der Waals surface area contributed by atoms with E-state index in [-0.39, 0.29) is 29.1 Å². The topological polar surface area (TPSA) is 64.7 Å². The average molecular weight is 555 g/mol. The predicted molar refractivity (Wildman–Crippen MR) is 147 cm³/mol. The molecule has 204 valence electrons. The number of carbonyl (C=O) groups excluding carboxylic acids is 2. The summed E-state index contributed by atoms with van der Waals surface area (Å²) in [4.78, 5) is 29.8. The number of carbonyl (C=O) groups is 2. The van der Waals surface area contributed by atoms with Gasteiger partial charge in [0.05, 0.1) is 5.56 Å². The summed E-state index contributed by atoms with van der Waals surface area (Å²) in [6, 6.07) is 18.8. The van der Waals surface area contributed by atoms with Crippen molar-refractivity contribution in [2.75, 3.05) is 36.1 Å². The van der Waals surface area contributed by atoms with Crippen molar-refractivity contribution >= 4 is 35.1 Å². The number of fused-ring (bicyclic) bond motifs is 1. The smallest absolute Gasteiger partial charge is 0.348 e. The van der Waals surface area contributed by atoms with Gasteiger partial charge in [-0.05, 0) is 60.6 Å². The average Bonchev–Trinajstić information content (AvgIpc) is 3.54. The molecule has 2 aliphatic heterocycles. The largest absolute Gasteiger partial charge is 0.417 e. The molecule has 3 aromatic rings. The monoisotopic (exact) mass is 554 g/mol. The number of urea groups is 1. The van der Waals surface area contributed by atoms with Crippen LogP contribution in [0, 0.1) is 0 Å². The minimum Gasteiger partial charge on any atom is -0.348 e. The summed E-state index contributed by atoms with van der Waals surface area (Å²) in [5, 5.41) is 5.83. The fraction of sp³-hybridized carbons (Fsp3) is 0.310. The van der Waals surface area contributed by atoms with Crippen LogP contribution in [0.25, 0.3) is 0 Å². The Morgan fingerprint density at radius 3 is 2.56 bits per heavy atom. The molecule has 10 heteroatoms. The molecule has 1 saturated heterocycles. The van der Waals surface area contributed by atoms with E-state index >= 15 is 0 Å². The molecule has 0 aromatic heterocycles. The van der Waals surface area contributed by atoms with Crippen molar-refractivity contribution in [2.24, 2.45) is 0 Å². The number of anilines is 2. The van der Waals surface area contributed by atoms with Crippen molar-refractivity contribution in [3.05, 3.63) is 89.0 Å². The van der Waals surface area contributed by atoms with Gasteiger partial charge in [0.2, 0.25) is 0 Å². The minimum absolute atomic E-state index is 0.0227. The maximum atomic E-state index is 13.6. The van der Waals surface area contributed by atoms with E-state index in [1.54, 1.807) is 30.5 Å². The van der Waals surface area contributed by atoms with Crippen LogP contribution in [0.15, 0.2) is 71.6 Å². The number of alkyl halides is 3. The molecule has 0 radical (unpaired) electrons. The second-order valence-corrected chi connectivity index (χ2v) is 10.6. The number of nitrogens with zero attached hydrogens (tertiary/aromatic N) is 2. The Morgan fingerprint density at radius 2 is 1.82 bits per heavy atom. The summed E-state index contributed by atoms with van der Waals surface area (Å²) in [6.07, 6.45) is -1.59. The number of thioether (sulfide) groups is 1. The van der Waals surface area contributed by atoms with Crippen molar-refractivity contribution in [2.45, 2.75) is 36.5 Å². The Labute approximate surface area is 229 Å². The lowest BCUT2D eigenvalue weighted by Crippen LogP contribution is -2.37. The van der Waals surface area contributed by atoms with Gasteiger partial charge < -0.3 is 10.6 Å². The van der Waals surface area contributed by atoms with E-state index in [1.807, 2.05) is 18.2 Å². The van der Waals surface area contributed by atoms with Gasteiger partial charge in [-0.15, -0.1) is 11.8 Å². The lowest BCUT2D eigenvalue weighted by molar-refractivity contribution is -0.139. The number of hydrogen-bond donors (Lipinski definition) is 2. The summed E-state index contributed by atoms with van der Waals surface area (Å²) < 4.78 is 40.8. The molecule has 1 fully saturated rings. The molecular weight excluding hydrogens is 525 g/mol. The van der Waals surface area contributed by atoms with Crippen LogP contribution in [0.4, 0.5) is 29.3 Å². The van der Waals surface area contributed by atoms with Crippen molar-refractivity contribution in [3.63, 3.8) is 0 Å². The molecule has 0 aliphatic carbocycles. The standard InChI is InChI=1S/C29H29F3N4O2S/c1-39-26-15-20-10-13-36(25(20)16-24(26)29(30,31)32)28(38)34-22-9-5-8-21(14-22)27(37)33-23-11-12-35(18-23)17-19-6-3-2-4-7-19/h2-9,14-16,23H,10-13,17-18H2,1H3,(H,33,37)(H,34,38). The molecule has 3 amide bonds. The van der Waals surface area contributed by atoms with Crippen molar-refractivity contribution < 1.29 is 22.8 Å². The first-order chi connectivity index (χ1) is 18.7. The molecule has 2 heterocycles. The van der Waals surface area contributed by atoms with Gasteiger partial charge >= 0.3 is 12.2 Å². The van der Waals surface area contributed by atoms with Gasteiger partial charge in [-0.1, -0.05) is 36.4 Å². The summed E-state index contributed by atoms with van der Waals surface area (Å²) in [5.74, 6) is -0.233. The van der Waals surface area contributed by atoms with Gasteiger partial charge in [0.15, 0.2) is 0 Å². The predicted octanol–water partition coefficient (Wildman–Crippen LogP) is 6.03. The van der Waals surface area contributed by atoms with Crippen molar-refractivity contribution in [1.82, 2.24) is 10.2 Å². The van der Waals surface area contributed by atoms with Crippen LogP contribution >= 0.6 is 11.8 Å². The minimum atomic E-state index is -4.52. The third-order valence-corrected chi connectivity index (χ3v) is 7.86. The fourth-order valence-electron chi connectivity index (χ4n) is 5.15. The zero-order valence-corrected chi connectivity index (χ0v) is 22.2. The number of halogens is 3. The molecule has 2 N–H and O–H groups in total. The zero-order valence-electron chi connectivity index (χ0n) is 21.4. The van der Waals surface area contributed by atoms with Crippen molar-refractivity contribution in [1.29, 1.82) is 0 Å². The number of rotatable bonds is 6. The van der Waals surface area contributed by atoms with Gasteiger partial charge in [-0.25, -0.2) is 4.79 Å². The van der Waals surface area contributed by atoms with E-state index < -0.39 is 17.8 Å². The van der Waals surface area contributed by atoms with Crippen LogP contribution in [0.5, 0.6) is 0 Å². The number of amides is 3. The zero-order chi connectivity index (χ0) is 27.6. The summed E-state index contributed by atoms with van der Waals surface area (Å²) in [7, 11) is 0. The highest BCUT2D eigenvalue weighted by atomic mass is 32.2. The lowest BCUT2D eigenvalue weighted by Gasteiger charge is -2.21. The lowest BCUT2D eigenvalue weighted by atomic mass is 10.1. The number of nitrogens with one attached hydrogen (secondary N) is 2. The summed E-state index contributed by atoms with van der Waals surface area (Å²) >= 11 is 1.04. The van der Waals surface area contributed by atoms with Crippen LogP contribution in [0.2, 0.25) is 0 Å². The molecule has 39 heavy (non-hydrogen) atoms. The van der Waals surface area contributed by atoms with Crippen LogP contribution < -0.4 is 15.5 Å². The second-order valence-electron chi connectivity index (χ2n) is 9.77. The quantitative estimate of drug-likeness (QED) is 0.366. The third-order valence-electron chi connectivity index (χ3n) is 7.08. The van der Waals surface area contributed by atoms with E-state index in [2.05, 4.69) is 27.7 Å². The van der Waals surface area contributed by atoms with Gasteiger partial charge in [0.1, 0.15) is 0 Å². The molecule has 0 bridgehead atoms. The Kier molecular flexibility index (Phi) is 7.86. The first kappa shape index (κ1) is 27.1. The van der Waals surface area contributed by atoms with Gasteiger partial charge in [0, 0.05) is 54.1 Å². The summed E-state index contributed by atoms with van der Waals surface area (Å²) in [6.45, 7) is 2.75. The molecule has 0 spiro atoms. The van der Waals surface area contributed by atoms with Gasteiger partial charge in [-0.3, -0.25) is 14.6 Å². The fourth-order valence-corrected chi connectivity index (χ4v) is 5.80. The molecule has 0 saturated carbocycles. The molecule has 1 atom stereocenters. The van der Waals surface area contributed by atoms with Gasteiger partial charge in [0.25, 0.3) is 5.91 Å². The molecular formula is C29H29F3N4O2S. The Hall–Kier alpha value is -3.50. The number of benzene rings is 3. The summed E-state index contributed by atoms with van der Waals surface area (Å²) in [5.41, 5.74) is 2.24. The first-order valence-corrected chi connectivity index (χ1v) is 14.0. The van der Waals surface area contributed by atoms with E-state index in [0.717, 1.165) is 43.9 Å². The van der Waals surface area contributed by atoms with E-state index in [4.69, 9.17) is 0 Å². The SMILES string of the molecule is CSc1cc2c(cc1C(F)(F)F)N(C(=O)Nc1cccc(C(=O)NC3CCN(Cc4ccccc4)C3)c1)CC2. The molecule has 1 unspecified atom stereocenters. The molecule has 3 aromatic carbocycles. The maximum absolute atomic E-state index is 13.6. The Morgan fingerprint density at radius 1 is 1.03 bits per heavy atom. The van der Waals surface area contributed by atoms with Crippen molar-refractivity contribution in [3.8, 4) is 0 Å². The number of likely N-dealkylation sites (tertiary alicyclic amines) is 1. The second kappa shape index (κ2) is 11.3. The highest BCUT2D eigenvalue weighted by Gasteiger charge is 2.37. The van der Waals surface area contributed by atoms with Gasteiger partial charge in [-0.2, -0.15) is 13.2 Å².